The van der Waals surface area contributed by atoms with Gasteiger partial charge in [0.1, 0.15) is 5.78 Å². The number of allylic oxidation sites excluding steroid dienone is 1. The Bertz CT molecular complexity index is 1150. The Labute approximate surface area is 199 Å². The van der Waals surface area contributed by atoms with Crippen LogP contribution in [0, 0.1) is 0 Å². The number of carbonyl (C=O) groups is 2. The summed E-state index contributed by atoms with van der Waals surface area (Å²) in [5.41, 5.74) is 4.99. The van der Waals surface area contributed by atoms with Gasteiger partial charge in [0.15, 0.2) is 17.8 Å². The third-order valence-corrected chi connectivity index (χ3v) is 5.79. The number of ketones is 1. The summed E-state index contributed by atoms with van der Waals surface area (Å²) in [5.74, 6) is -3.28. The molecule has 1 aromatic rings. The average Bonchev–Trinajstić information content (AvgIpc) is 3.06. The normalized spacial score (nSPS) is 20.6. The SMILES string of the molecule is CC(=O)Cn1c(=O)c2c(n(C)c1=O)N(OC(=O)C(F)(F)F)C(N1CCCC(N)C1)N2CC=C(C)C. The Morgan fingerprint density at radius 1 is 1.20 bits per heavy atom. The number of carbonyl (C=O) groups excluding carboxylic acids is 2. The van der Waals surface area contributed by atoms with Crippen LogP contribution in [-0.4, -0.2) is 63.9 Å². The lowest BCUT2D eigenvalue weighted by atomic mass is 10.1. The van der Waals surface area contributed by atoms with Gasteiger partial charge < -0.3 is 15.5 Å². The molecule has 3 heterocycles. The van der Waals surface area contributed by atoms with Crippen LogP contribution in [0.1, 0.15) is 33.6 Å². The Balaban J connectivity index is 2.28. The molecular weight excluding hydrogens is 473 g/mol. The van der Waals surface area contributed by atoms with E-state index in [-0.39, 0.29) is 30.6 Å². The summed E-state index contributed by atoms with van der Waals surface area (Å²) < 4.78 is 41.2. The van der Waals surface area contributed by atoms with E-state index in [0.717, 1.165) is 10.1 Å². The zero-order valence-corrected chi connectivity index (χ0v) is 20.0. The first-order valence-corrected chi connectivity index (χ1v) is 11.0. The molecule has 2 aliphatic rings. The molecular formula is C21H29F3N6O5. The van der Waals surface area contributed by atoms with E-state index in [1.165, 1.54) is 18.9 Å². The van der Waals surface area contributed by atoms with Crippen molar-refractivity contribution in [1.82, 2.24) is 14.0 Å². The number of nitrogens with two attached hydrogens (primary N) is 1. The van der Waals surface area contributed by atoms with E-state index >= 15 is 0 Å². The van der Waals surface area contributed by atoms with Gasteiger partial charge in [-0.25, -0.2) is 9.59 Å². The van der Waals surface area contributed by atoms with Crippen molar-refractivity contribution in [2.75, 3.05) is 29.6 Å². The van der Waals surface area contributed by atoms with Crippen molar-refractivity contribution in [2.45, 2.75) is 58.7 Å². The van der Waals surface area contributed by atoms with Gasteiger partial charge in [0, 0.05) is 32.7 Å². The van der Waals surface area contributed by atoms with Gasteiger partial charge in [-0.3, -0.25) is 23.6 Å². The first-order chi connectivity index (χ1) is 16.2. The minimum Gasteiger partial charge on any atom is -0.327 e. The Kier molecular flexibility index (Phi) is 7.45. The number of alkyl halides is 3. The molecule has 3 rings (SSSR count). The maximum absolute atomic E-state index is 13.4. The topological polar surface area (TPSA) is 123 Å². The number of nitrogens with zero attached hydrogens (tertiary/aromatic N) is 5. The van der Waals surface area contributed by atoms with Crippen LogP contribution in [0.3, 0.4) is 0 Å². The van der Waals surface area contributed by atoms with Gasteiger partial charge in [0.25, 0.3) is 5.56 Å². The molecule has 0 saturated carbocycles. The van der Waals surface area contributed by atoms with Crippen molar-refractivity contribution < 1.29 is 27.6 Å². The van der Waals surface area contributed by atoms with Gasteiger partial charge in [-0.2, -0.15) is 13.2 Å². The molecule has 194 valence electrons. The Morgan fingerprint density at radius 2 is 1.86 bits per heavy atom. The summed E-state index contributed by atoms with van der Waals surface area (Å²) in [4.78, 5) is 58.0. The quantitative estimate of drug-likeness (QED) is 0.553. The van der Waals surface area contributed by atoms with Gasteiger partial charge in [0.2, 0.25) is 0 Å². The molecule has 35 heavy (non-hydrogen) atoms. The number of halogens is 3. The smallest absolute Gasteiger partial charge is 0.327 e. The second-order valence-electron chi connectivity index (χ2n) is 8.99. The lowest BCUT2D eigenvalue weighted by Gasteiger charge is -2.42. The largest absolute Gasteiger partial charge is 0.493 e. The molecule has 0 radical (unpaired) electrons. The number of rotatable bonds is 6. The van der Waals surface area contributed by atoms with E-state index in [0.29, 0.717) is 29.0 Å². The average molecular weight is 502 g/mol. The second-order valence-corrected chi connectivity index (χ2v) is 8.99. The number of piperidine rings is 1. The molecule has 2 unspecified atom stereocenters. The van der Waals surface area contributed by atoms with Crippen molar-refractivity contribution in [1.29, 1.82) is 0 Å². The highest BCUT2D eigenvalue weighted by Gasteiger charge is 2.50. The molecule has 2 atom stereocenters. The first-order valence-electron chi connectivity index (χ1n) is 11.0. The van der Waals surface area contributed by atoms with E-state index in [2.05, 4.69) is 0 Å². The minimum absolute atomic E-state index is 0.0549. The molecule has 0 aliphatic carbocycles. The number of likely N-dealkylation sites (tertiary alicyclic amines) is 1. The van der Waals surface area contributed by atoms with Crippen LogP contribution >= 0.6 is 0 Å². The Hall–Kier alpha value is -3.13. The summed E-state index contributed by atoms with van der Waals surface area (Å²) >= 11 is 0. The third-order valence-electron chi connectivity index (χ3n) is 5.79. The number of aromatic nitrogens is 2. The van der Waals surface area contributed by atoms with Gasteiger partial charge in [0.05, 0.1) is 6.54 Å². The summed E-state index contributed by atoms with van der Waals surface area (Å²) in [7, 11) is 1.23. The molecule has 0 bridgehead atoms. The van der Waals surface area contributed by atoms with E-state index in [4.69, 9.17) is 10.6 Å². The van der Waals surface area contributed by atoms with Crippen LogP contribution in [0.5, 0.6) is 0 Å². The number of anilines is 2. The summed E-state index contributed by atoms with van der Waals surface area (Å²) in [5, 5.41) is 0.656. The highest BCUT2D eigenvalue weighted by atomic mass is 19.4. The van der Waals surface area contributed by atoms with Crippen molar-refractivity contribution in [3.63, 3.8) is 0 Å². The number of hydrogen-bond donors (Lipinski definition) is 1. The van der Waals surface area contributed by atoms with E-state index in [9.17, 15) is 32.3 Å². The number of hydroxylamine groups is 1. The van der Waals surface area contributed by atoms with Crippen LogP contribution in [0.2, 0.25) is 0 Å². The summed E-state index contributed by atoms with van der Waals surface area (Å²) in [6.45, 7) is 5.00. The second kappa shape index (κ2) is 9.85. The summed E-state index contributed by atoms with van der Waals surface area (Å²) in [6.07, 6.45) is -3.44. The molecule has 1 fully saturated rings. The van der Waals surface area contributed by atoms with Gasteiger partial charge in [-0.05, 0) is 33.6 Å². The van der Waals surface area contributed by atoms with E-state index in [1.807, 2.05) is 0 Å². The number of hydrogen-bond acceptors (Lipinski definition) is 9. The lowest BCUT2D eigenvalue weighted by Crippen LogP contribution is -2.60. The zero-order chi connectivity index (χ0) is 26.2. The highest BCUT2D eigenvalue weighted by molar-refractivity contribution is 5.80. The van der Waals surface area contributed by atoms with Crippen LogP contribution in [0.25, 0.3) is 0 Å². The monoisotopic (exact) mass is 502 g/mol. The van der Waals surface area contributed by atoms with Crippen molar-refractivity contribution in [3.05, 3.63) is 32.5 Å². The van der Waals surface area contributed by atoms with Gasteiger partial charge >= 0.3 is 17.8 Å². The summed E-state index contributed by atoms with van der Waals surface area (Å²) in [6, 6.07) is -0.295. The highest BCUT2D eigenvalue weighted by Crippen LogP contribution is 2.39. The first kappa shape index (κ1) is 26.5. The molecule has 2 aliphatic heterocycles. The molecule has 14 heteroatoms. The zero-order valence-electron chi connectivity index (χ0n) is 20.0. The number of Topliss-reactive ketones (excluding diaryl/α,β-unsaturated/α-hetero) is 1. The molecule has 11 nitrogen and oxygen atoms in total. The molecule has 0 spiro atoms. The fourth-order valence-electron chi connectivity index (χ4n) is 4.25. The van der Waals surface area contributed by atoms with Gasteiger partial charge in [-0.15, -0.1) is 5.06 Å². The number of fused-ring (bicyclic) bond motifs is 1. The third kappa shape index (κ3) is 5.27. The molecule has 1 aromatic heterocycles. The van der Waals surface area contributed by atoms with Crippen molar-refractivity contribution in [3.8, 4) is 0 Å². The van der Waals surface area contributed by atoms with Crippen molar-refractivity contribution in [2.24, 2.45) is 12.8 Å². The van der Waals surface area contributed by atoms with Gasteiger partial charge in [-0.1, -0.05) is 11.6 Å². The standard InChI is InChI=1S/C21H29F3N6O5/c1-12(2)7-9-28-15-16(26(4)20(34)29(17(15)32)10-13(3)31)30(35-18(33)21(22,23)24)19(28)27-8-5-6-14(25)11-27/h7,14,19H,5-6,8-11,25H2,1-4H3. The molecule has 2 N–H and O–H groups in total. The minimum atomic E-state index is -5.32. The van der Waals surface area contributed by atoms with Crippen LogP contribution in [0.15, 0.2) is 21.2 Å². The van der Waals surface area contributed by atoms with Crippen molar-refractivity contribution >= 4 is 23.3 Å². The van der Waals surface area contributed by atoms with Crippen LogP contribution in [0.4, 0.5) is 24.7 Å². The molecule has 1 saturated heterocycles. The van der Waals surface area contributed by atoms with E-state index in [1.54, 1.807) is 24.8 Å². The van der Waals surface area contributed by atoms with Crippen LogP contribution in [-0.2, 0) is 28.0 Å². The Morgan fingerprint density at radius 3 is 2.40 bits per heavy atom. The predicted octanol–water partition coefficient (Wildman–Crippen LogP) is 0.456. The van der Waals surface area contributed by atoms with E-state index < -0.39 is 42.0 Å². The fraction of sp³-hybridized carbons (Fsp3) is 0.619. The van der Waals surface area contributed by atoms with Crippen LogP contribution < -0.4 is 26.9 Å². The molecule has 0 aromatic carbocycles. The maximum Gasteiger partial charge on any atom is 0.493 e. The fourth-order valence-corrected chi connectivity index (χ4v) is 4.25. The maximum atomic E-state index is 13.4. The lowest BCUT2D eigenvalue weighted by molar-refractivity contribution is -0.203. The molecule has 0 amide bonds. The predicted molar refractivity (Wildman–Crippen MR) is 121 cm³/mol.